The molecule has 0 bridgehead atoms. The van der Waals surface area contributed by atoms with E-state index in [-0.39, 0.29) is 18.0 Å². The van der Waals surface area contributed by atoms with Gasteiger partial charge in [0.25, 0.3) is 11.5 Å². The number of fused-ring (bicyclic) bond motifs is 1. The third-order valence-corrected chi connectivity index (χ3v) is 6.17. The number of benzene rings is 3. The van der Waals surface area contributed by atoms with Gasteiger partial charge >= 0.3 is 0 Å². The summed E-state index contributed by atoms with van der Waals surface area (Å²) in [4.78, 5) is 31.4. The highest BCUT2D eigenvalue weighted by molar-refractivity contribution is 6.06. The number of hydrogen-bond donors (Lipinski definition) is 1. The van der Waals surface area contributed by atoms with Gasteiger partial charge in [0.15, 0.2) is 11.5 Å². The smallest absolute Gasteiger partial charge is 0.258 e. The first-order valence-corrected chi connectivity index (χ1v) is 11.0. The number of carbonyl (C=O) groups is 1. The molecule has 0 unspecified atom stereocenters. The number of anilines is 1. The van der Waals surface area contributed by atoms with Crippen LogP contribution in [-0.2, 0) is 6.54 Å². The molecule has 1 aromatic heterocycles. The first kappa shape index (κ1) is 23.1. The van der Waals surface area contributed by atoms with E-state index in [9.17, 15) is 9.59 Å². The van der Waals surface area contributed by atoms with E-state index in [4.69, 9.17) is 9.47 Å². The summed E-state index contributed by atoms with van der Waals surface area (Å²) >= 11 is 0. The molecular weight excluding hydrogens is 428 g/mol. The third-order valence-electron chi connectivity index (χ3n) is 6.17. The fourth-order valence-electron chi connectivity index (χ4n) is 4.02. The van der Waals surface area contributed by atoms with Crippen LogP contribution in [0.25, 0.3) is 10.9 Å². The second-order valence-corrected chi connectivity index (χ2v) is 8.39. The minimum Gasteiger partial charge on any atom is -0.493 e. The third kappa shape index (κ3) is 4.39. The maximum atomic E-state index is 13.8. The minimum atomic E-state index is -0.243. The number of aryl methyl sites for hydroxylation is 3. The van der Waals surface area contributed by atoms with E-state index in [1.54, 1.807) is 30.2 Å². The van der Waals surface area contributed by atoms with Crippen LogP contribution < -0.4 is 19.9 Å². The molecule has 4 rings (SSSR count). The fraction of sp³-hybridized carbons (Fsp3) is 0.214. The van der Waals surface area contributed by atoms with Crippen LogP contribution in [0.1, 0.15) is 32.6 Å². The highest BCUT2D eigenvalue weighted by Gasteiger charge is 2.22. The van der Waals surface area contributed by atoms with Gasteiger partial charge in [-0.2, -0.15) is 0 Å². The van der Waals surface area contributed by atoms with Gasteiger partial charge in [-0.15, -0.1) is 0 Å². The Balaban J connectivity index is 1.81. The molecule has 0 spiro atoms. The van der Waals surface area contributed by atoms with Gasteiger partial charge in [-0.05, 0) is 79.2 Å². The minimum absolute atomic E-state index is 0.120. The first-order chi connectivity index (χ1) is 16.3. The Morgan fingerprint density at radius 2 is 1.62 bits per heavy atom. The number of nitrogens with zero attached hydrogens (tertiary/aromatic N) is 1. The SMILES string of the molecule is COc1ccc(C(=O)N(Cc2cc3cccc(C)c3[nH]c2=O)c2ccc(C)c(C)c2)cc1OC. The lowest BCUT2D eigenvalue weighted by atomic mass is 10.1. The zero-order chi connectivity index (χ0) is 24.4. The number of ether oxygens (including phenoxy) is 2. The molecule has 0 saturated carbocycles. The fourth-order valence-corrected chi connectivity index (χ4v) is 4.02. The molecule has 1 amide bonds. The molecule has 6 heteroatoms. The second kappa shape index (κ2) is 9.43. The van der Waals surface area contributed by atoms with Gasteiger partial charge in [-0.1, -0.05) is 24.3 Å². The number of hydrogen-bond acceptors (Lipinski definition) is 4. The zero-order valence-corrected chi connectivity index (χ0v) is 20.1. The van der Waals surface area contributed by atoms with E-state index in [1.165, 1.54) is 7.11 Å². The van der Waals surface area contributed by atoms with Gasteiger partial charge in [-0.25, -0.2) is 0 Å². The van der Waals surface area contributed by atoms with Crippen LogP contribution in [0, 0.1) is 20.8 Å². The summed E-state index contributed by atoms with van der Waals surface area (Å²) in [6, 6.07) is 18.6. The lowest BCUT2D eigenvalue weighted by Crippen LogP contribution is -2.33. The largest absolute Gasteiger partial charge is 0.493 e. The number of methoxy groups -OCH3 is 2. The van der Waals surface area contributed by atoms with E-state index in [2.05, 4.69) is 4.98 Å². The molecule has 174 valence electrons. The number of nitrogens with one attached hydrogen (secondary N) is 1. The van der Waals surface area contributed by atoms with E-state index < -0.39 is 0 Å². The predicted octanol–water partition coefficient (Wildman–Crippen LogP) is 5.32. The number of rotatable bonds is 6. The van der Waals surface area contributed by atoms with Gasteiger partial charge in [0.2, 0.25) is 0 Å². The number of para-hydroxylation sites is 1. The Bertz CT molecular complexity index is 1440. The van der Waals surface area contributed by atoms with Crippen molar-refractivity contribution in [2.75, 3.05) is 19.1 Å². The van der Waals surface area contributed by atoms with Crippen molar-refractivity contribution in [1.29, 1.82) is 0 Å². The Morgan fingerprint density at radius 3 is 2.32 bits per heavy atom. The molecule has 1 heterocycles. The van der Waals surface area contributed by atoms with E-state index in [1.807, 2.05) is 63.2 Å². The lowest BCUT2D eigenvalue weighted by Gasteiger charge is -2.24. The van der Waals surface area contributed by atoms with Crippen molar-refractivity contribution in [1.82, 2.24) is 4.98 Å². The molecule has 6 nitrogen and oxygen atoms in total. The van der Waals surface area contributed by atoms with Crippen LogP contribution in [0.4, 0.5) is 5.69 Å². The Morgan fingerprint density at radius 1 is 0.853 bits per heavy atom. The molecule has 34 heavy (non-hydrogen) atoms. The molecule has 0 atom stereocenters. The van der Waals surface area contributed by atoms with Crippen molar-refractivity contribution in [3.8, 4) is 11.5 Å². The molecule has 0 saturated heterocycles. The molecular formula is C28H28N2O4. The Kier molecular flexibility index (Phi) is 6.41. The first-order valence-electron chi connectivity index (χ1n) is 11.0. The van der Waals surface area contributed by atoms with E-state index in [0.29, 0.717) is 28.3 Å². The van der Waals surface area contributed by atoms with Gasteiger partial charge in [0, 0.05) is 16.8 Å². The molecule has 3 aromatic carbocycles. The summed E-state index contributed by atoms with van der Waals surface area (Å²) in [5, 5.41) is 0.924. The van der Waals surface area contributed by atoms with Crippen LogP contribution in [0.5, 0.6) is 11.5 Å². The lowest BCUT2D eigenvalue weighted by molar-refractivity contribution is 0.0984. The van der Waals surface area contributed by atoms with Crippen LogP contribution in [-0.4, -0.2) is 25.1 Å². The quantitative estimate of drug-likeness (QED) is 0.426. The standard InChI is InChI=1S/C28H28N2O4/c1-17-9-11-23(13-19(17)3)30(28(32)21-10-12-24(33-4)25(15-21)34-5)16-22-14-20-8-6-7-18(2)26(20)29-27(22)31/h6-15H,16H2,1-5H3,(H,29,31). The van der Waals surface area contributed by atoms with Gasteiger partial charge < -0.3 is 19.4 Å². The van der Waals surface area contributed by atoms with Crippen molar-refractivity contribution >= 4 is 22.5 Å². The molecule has 0 radical (unpaired) electrons. The normalized spacial score (nSPS) is 10.9. The average molecular weight is 457 g/mol. The predicted molar refractivity (Wildman–Crippen MR) is 135 cm³/mol. The number of aromatic nitrogens is 1. The second-order valence-electron chi connectivity index (χ2n) is 8.39. The summed E-state index contributed by atoms with van der Waals surface area (Å²) in [7, 11) is 3.08. The van der Waals surface area contributed by atoms with Crippen molar-refractivity contribution < 1.29 is 14.3 Å². The van der Waals surface area contributed by atoms with Crippen LogP contribution in [0.2, 0.25) is 0 Å². The van der Waals surface area contributed by atoms with Crippen LogP contribution in [0.3, 0.4) is 0 Å². The summed E-state index contributed by atoms with van der Waals surface area (Å²) < 4.78 is 10.7. The zero-order valence-electron chi connectivity index (χ0n) is 20.1. The van der Waals surface area contributed by atoms with Crippen LogP contribution in [0.15, 0.2) is 65.5 Å². The van der Waals surface area contributed by atoms with Crippen molar-refractivity contribution in [2.24, 2.45) is 0 Å². The number of aromatic amines is 1. The number of amides is 1. The maximum absolute atomic E-state index is 13.8. The summed E-state index contributed by atoms with van der Waals surface area (Å²) in [6.07, 6.45) is 0. The highest BCUT2D eigenvalue weighted by atomic mass is 16.5. The van der Waals surface area contributed by atoms with Gasteiger partial charge in [0.05, 0.1) is 26.3 Å². The summed E-state index contributed by atoms with van der Waals surface area (Å²) in [6.45, 7) is 6.11. The molecule has 1 N–H and O–H groups in total. The number of carbonyl (C=O) groups excluding carboxylic acids is 1. The molecule has 0 fully saturated rings. The number of pyridine rings is 1. The Hall–Kier alpha value is -4.06. The van der Waals surface area contributed by atoms with E-state index in [0.717, 1.165) is 27.6 Å². The molecule has 0 aliphatic heterocycles. The van der Waals surface area contributed by atoms with Gasteiger partial charge in [-0.3, -0.25) is 9.59 Å². The maximum Gasteiger partial charge on any atom is 0.258 e. The van der Waals surface area contributed by atoms with Gasteiger partial charge in [0.1, 0.15) is 0 Å². The van der Waals surface area contributed by atoms with Crippen molar-refractivity contribution in [2.45, 2.75) is 27.3 Å². The topological polar surface area (TPSA) is 71.6 Å². The summed E-state index contributed by atoms with van der Waals surface area (Å²) in [5.74, 6) is 0.762. The highest BCUT2D eigenvalue weighted by Crippen LogP contribution is 2.30. The van der Waals surface area contributed by atoms with Crippen molar-refractivity contribution in [3.05, 3.63) is 98.8 Å². The molecule has 4 aromatic rings. The van der Waals surface area contributed by atoms with Crippen LogP contribution >= 0.6 is 0 Å². The monoisotopic (exact) mass is 456 g/mol. The van der Waals surface area contributed by atoms with E-state index >= 15 is 0 Å². The molecule has 0 aliphatic carbocycles. The molecule has 0 aliphatic rings. The van der Waals surface area contributed by atoms with Crippen molar-refractivity contribution in [3.63, 3.8) is 0 Å². The summed E-state index contributed by atoms with van der Waals surface area (Å²) in [5.41, 5.74) is 5.43. The Labute approximate surface area is 198 Å². The number of H-pyrrole nitrogens is 1. The average Bonchev–Trinajstić information content (AvgIpc) is 2.84.